The molecule has 134 valence electrons. The summed E-state index contributed by atoms with van der Waals surface area (Å²) in [5.41, 5.74) is 0.309. The molecule has 0 aliphatic rings. The highest BCUT2D eigenvalue weighted by molar-refractivity contribution is 7.98. The summed E-state index contributed by atoms with van der Waals surface area (Å²) in [5, 5.41) is 5.08. The average molecular weight is 402 g/mol. The van der Waals surface area contributed by atoms with E-state index in [1.54, 1.807) is 23.9 Å². The van der Waals surface area contributed by atoms with Crippen LogP contribution in [0.25, 0.3) is 6.08 Å². The normalized spacial score (nSPS) is 12.0. The van der Waals surface area contributed by atoms with Gasteiger partial charge < -0.3 is 0 Å². The monoisotopic (exact) mass is 402 g/mol. The molecule has 0 atom stereocenters. The van der Waals surface area contributed by atoms with E-state index >= 15 is 0 Å². The minimum absolute atomic E-state index is 0.379. The molecule has 10 heteroatoms. The molecule has 0 amide bonds. The molecule has 2 aromatic carbocycles. The van der Waals surface area contributed by atoms with Crippen molar-refractivity contribution in [2.45, 2.75) is 9.79 Å². The maximum Gasteiger partial charge on any atom is 0.240 e. The van der Waals surface area contributed by atoms with Crippen LogP contribution in [0.3, 0.4) is 0 Å². The van der Waals surface area contributed by atoms with Crippen molar-refractivity contribution < 1.29 is 21.2 Å². The smallest absolute Gasteiger partial charge is 0.240 e. The van der Waals surface area contributed by atoms with Gasteiger partial charge in [-0.3, -0.25) is 0 Å². The molecule has 0 bridgehead atoms. The summed E-state index contributed by atoms with van der Waals surface area (Å²) >= 11 is 1.56. The van der Waals surface area contributed by atoms with E-state index in [0.29, 0.717) is 9.87 Å². The number of primary sulfonamides is 1. The molecule has 0 heterocycles. The van der Waals surface area contributed by atoms with Crippen molar-refractivity contribution in [3.05, 3.63) is 60.0 Å². The second kappa shape index (κ2) is 8.00. The van der Waals surface area contributed by atoms with E-state index < -0.39 is 31.6 Å². The second-order valence-electron chi connectivity index (χ2n) is 4.83. The van der Waals surface area contributed by atoms with E-state index in [9.17, 15) is 21.2 Å². The topological polar surface area (TPSA) is 97.5 Å². The maximum absolute atomic E-state index is 13.5. The highest BCUT2D eigenvalue weighted by Gasteiger charge is 2.20. The molecule has 0 aliphatic carbocycles. The number of thioether (sulfide) groups is 1. The molecular weight excluding hydrogens is 387 g/mol. The Balaban J connectivity index is 2.48. The van der Waals surface area contributed by atoms with Crippen LogP contribution >= 0.6 is 11.8 Å². The minimum Gasteiger partial charge on any atom is -0.246 e. The first-order valence-corrected chi connectivity index (χ1v) is 10.7. The number of rotatable bonds is 6. The summed E-state index contributed by atoms with van der Waals surface area (Å²) in [6, 6.07) is 9.85. The molecule has 0 saturated heterocycles. The number of nitrogens with zero attached hydrogens (tertiary/aromatic N) is 1. The third-order valence-electron chi connectivity index (χ3n) is 3.17. The molecule has 0 aromatic heterocycles. The van der Waals surface area contributed by atoms with Crippen LogP contribution < -0.4 is 9.44 Å². The lowest BCUT2D eigenvalue weighted by molar-refractivity contribution is 0.596. The maximum atomic E-state index is 13.5. The minimum atomic E-state index is -4.23. The van der Waals surface area contributed by atoms with Gasteiger partial charge >= 0.3 is 0 Å². The van der Waals surface area contributed by atoms with Crippen LogP contribution in [0.5, 0.6) is 0 Å². The Labute approximate surface area is 151 Å². The molecule has 2 aromatic rings. The first-order chi connectivity index (χ1) is 11.7. The first-order valence-electron chi connectivity index (χ1n) is 6.80. The molecule has 0 fully saturated rings. The van der Waals surface area contributed by atoms with Crippen molar-refractivity contribution in [3.63, 3.8) is 0 Å². The number of hydrogen-bond acceptors (Lipinski definition) is 5. The number of anilines is 1. The number of thiol groups is 1. The Morgan fingerprint density at radius 1 is 1.16 bits per heavy atom. The molecule has 2 N–H and O–H groups in total. The third kappa shape index (κ3) is 5.05. The Morgan fingerprint density at radius 2 is 1.80 bits per heavy atom. The van der Waals surface area contributed by atoms with Gasteiger partial charge in [-0.1, -0.05) is 12.1 Å². The number of nitrogens with two attached hydrogens (primary N) is 1. The van der Waals surface area contributed by atoms with Crippen molar-refractivity contribution in [2.75, 3.05) is 10.6 Å². The van der Waals surface area contributed by atoms with Crippen LogP contribution in [0, 0.1) is 5.82 Å². The van der Waals surface area contributed by atoms with Gasteiger partial charge in [-0.05, 0) is 48.2 Å². The molecule has 0 unspecified atom stereocenters. The zero-order chi connectivity index (χ0) is 18.6. The number of benzene rings is 2. The van der Waals surface area contributed by atoms with Crippen LogP contribution in [-0.2, 0) is 20.9 Å². The Hall–Kier alpha value is -1.88. The predicted octanol–water partition coefficient (Wildman–Crippen LogP) is 2.20. The van der Waals surface area contributed by atoms with Gasteiger partial charge in [-0.15, -0.1) is 11.8 Å². The van der Waals surface area contributed by atoms with Gasteiger partial charge in [0.25, 0.3) is 0 Å². The lowest BCUT2D eigenvalue weighted by Gasteiger charge is -2.16. The van der Waals surface area contributed by atoms with Gasteiger partial charge in [0.15, 0.2) is 0 Å². The van der Waals surface area contributed by atoms with Gasteiger partial charge in [0.2, 0.25) is 20.9 Å². The van der Waals surface area contributed by atoms with Crippen LogP contribution in [0.4, 0.5) is 10.1 Å². The summed E-state index contributed by atoms with van der Waals surface area (Å²) in [5.74, 6) is -0.790. The van der Waals surface area contributed by atoms with Crippen molar-refractivity contribution in [1.82, 2.24) is 0 Å². The van der Waals surface area contributed by atoms with Gasteiger partial charge in [0.05, 0.1) is 5.69 Å². The summed E-state index contributed by atoms with van der Waals surface area (Å²) < 4.78 is 60.6. The van der Waals surface area contributed by atoms with Gasteiger partial charge in [-0.2, -0.15) is 0 Å². The fourth-order valence-corrected chi connectivity index (χ4v) is 3.70. The molecule has 0 aliphatic heterocycles. The predicted molar refractivity (Wildman–Crippen MR) is 97.8 cm³/mol. The van der Waals surface area contributed by atoms with Crippen LogP contribution in [-0.4, -0.2) is 23.1 Å². The molecule has 0 saturated carbocycles. The zero-order valence-corrected chi connectivity index (χ0v) is 15.5. The summed E-state index contributed by atoms with van der Waals surface area (Å²) in [4.78, 5) is 0.543. The van der Waals surface area contributed by atoms with E-state index in [1.165, 1.54) is 6.08 Å². The molecule has 6 nitrogen and oxygen atoms in total. The quantitative estimate of drug-likeness (QED) is 0.570. The SMILES string of the molecule is CSc1ccc(C=CN(c2cc(F)ccc2S(N)(=O)=O)[SH](=O)=O)cc1. The molecule has 0 spiro atoms. The van der Waals surface area contributed by atoms with Crippen LogP contribution in [0.1, 0.15) is 5.56 Å². The van der Waals surface area contributed by atoms with Crippen LogP contribution in [0.15, 0.2) is 58.5 Å². The Bertz CT molecular complexity index is 963. The van der Waals surface area contributed by atoms with Gasteiger partial charge in [0.1, 0.15) is 10.7 Å². The van der Waals surface area contributed by atoms with Gasteiger partial charge in [-0.25, -0.2) is 30.7 Å². The first kappa shape index (κ1) is 19.4. The molecular formula is C15H15FN2O4S3. The lowest BCUT2D eigenvalue weighted by atomic mass is 10.2. The third-order valence-corrected chi connectivity index (χ3v) is 5.58. The average Bonchev–Trinajstić information content (AvgIpc) is 2.54. The Kier molecular flexibility index (Phi) is 6.22. The van der Waals surface area contributed by atoms with E-state index in [2.05, 4.69) is 0 Å². The fourth-order valence-electron chi connectivity index (χ4n) is 2.00. The van der Waals surface area contributed by atoms with E-state index in [4.69, 9.17) is 5.14 Å². The number of sulfonamides is 1. The molecule has 0 radical (unpaired) electrons. The summed E-state index contributed by atoms with van der Waals surface area (Å²) in [6.45, 7) is 0. The largest absolute Gasteiger partial charge is 0.246 e. The zero-order valence-electron chi connectivity index (χ0n) is 13.0. The van der Waals surface area contributed by atoms with Crippen molar-refractivity contribution >= 4 is 44.4 Å². The number of halogens is 1. The van der Waals surface area contributed by atoms with E-state index in [0.717, 1.165) is 29.3 Å². The summed E-state index contributed by atoms with van der Waals surface area (Å²) in [7, 11) is -7.50. The Morgan fingerprint density at radius 3 is 2.32 bits per heavy atom. The van der Waals surface area contributed by atoms with Crippen molar-refractivity contribution in [1.29, 1.82) is 0 Å². The van der Waals surface area contributed by atoms with Crippen LogP contribution in [0.2, 0.25) is 0 Å². The standard InChI is InChI=1S/C15H15FN2O4S3/c1-23-13-5-2-11(3-6-13)8-9-18(24(19)20)14-10-12(16)4-7-15(14)25(17,21)22/h2-10,24H,1H3,(H2,17,21,22). The fraction of sp³-hybridized carbons (Fsp3) is 0.0667. The lowest BCUT2D eigenvalue weighted by Crippen LogP contribution is -2.20. The van der Waals surface area contributed by atoms with E-state index in [1.807, 2.05) is 18.4 Å². The van der Waals surface area contributed by atoms with Crippen molar-refractivity contribution in [3.8, 4) is 0 Å². The second-order valence-corrected chi connectivity index (χ2v) is 8.14. The molecule has 25 heavy (non-hydrogen) atoms. The van der Waals surface area contributed by atoms with E-state index in [-0.39, 0.29) is 5.69 Å². The van der Waals surface area contributed by atoms with Crippen molar-refractivity contribution in [2.24, 2.45) is 5.14 Å². The van der Waals surface area contributed by atoms with Gasteiger partial charge in [0, 0.05) is 11.1 Å². The summed E-state index contributed by atoms with van der Waals surface area (Å²) in [6.07, 6.45) is 4.53. The number of hydrogen-bond donors (Lipinski definition) is 2. The highest BCUT2D eigenvalue weighted by atomic mass is 32.2. The molecule has 2 rings (SSSR count). The highest BCUT2D eigenvalue weighted by Crippen LogP contribution is 2.26.